The second-order valence-corrected chi connectivity index (χ2v) is 5.42. The Morgan fingerprint density at radius 2 is 1.67 bits per heavy atom. The molecule has 24 heavy (non-hydrogen) atoms. The Hall–Kier alpha value is -2.54. The number of aliphatic hydroxyl groups is 1. The van der Waals surface area contributed by atoms with Gasteiger partial charge >= 0.3 is 0 Å². The first-order valence-corrected chi connectivity index (χ1v) is 7.12. The molecule has 1 amide bonds. The normalized spacial score (nSPS) is 12.0. The third-order valence-electron chi connectivity index (χ3n) is 3.58. The van der Waals surface area contributed by atoms with Gasteiger partial charge in [-0.2, -0.15) is 0 Å². The van der Waals surface area contributed by atoms with Gasteiger partial charge in [-0.05, 0) is 23.8 Å². The van der Waals surface area contributed by atoms with Crippen molar-refractivity contribution in [3.63, 3.8) is 0 Å². The summed E-state index contributed by atoms with van der Waals surface area (Å²) in [6.45, 7) is -0.0745. The van der Waals surface area contributed by atoms with Crippen LogP contribution in [0.1, 0.15) is 17.2 Å². The van der Waals surface area contributed by atoms with Crippen LogP contribution in [0.2, 0.25) is 0 Å². The summed E-state index contributed by atoms with van der Waals surface area (Å²) in [5.41, 5.74) is 0.233. The maximum Gasteiger partial charge on any atom is 0.226 e. The lowest BCUT2D eigenvalue weighted by atomic mass is 10.1. The van der Waals surface area contributed by atoms with Gasteiger partial charge in [-0.15, -0.1) is 0 Å². The fourth-order valence-corrected chi connectivity index (χ4v) is 2.16. The SMILES string of the molecule is CN(CC(O)c1ccc(O)cc1)C(=O)Cc1cc(F)c(F)cc1F. The fraction of sp³-hybridized carbons (Fsp3) is 0.235. The van der Waals surface area contributed by atoms with Gasteiger partial charge in [-0.3, -0.25) is 4.79 Å². The Kier molecular flexibility index (Phi) is 5.46. The van der Waals surface area contributed by atoms with Crippen LogP contribution < -0.4 is 0 Å². The van der Waals surface area contributed by atoms with Gasteiger partial charge in [-0.25, -0.2) is 13.2 Å². The number of phenolic OH excluding ortho intramolecular Hbond substituents is 1. The highest BCUT2D eigenvalue weighted by Crippen LogP contribution is 2.19. The van der Waals surface area contributed by atoms with Crippen molar-refractivity contribution in [2.45, 2.75) is 12.5 Å². The summed E-state index contributed by atoms with van der Waals surface area (Å²) in [7, 11) is 1.41. The van der Waals surface area contributed by atoms with Crippen LogP contribution in [0.5, 0.6) is 5.75 Å². The highest BCUT2D eigenvalue weighted by atomic mass is 19.2. The van der Waals surface area contributed by atoms with Crippen molar-refractivity contribution >= 4 is 5.91 Å². The number of hydrogen-bond donors (Lipinski definition) is 2. The minimum absolute atomic E-state index is 0.0455. The van der Waals surface area contributed by atoms with Crippen LogP contribution in [0.25, 0.3) is 0 Å². The zero-order valence-corrected chi connectivity index (χ0v) is 12.8. The Bertz CT molecular complexity index is 735. The molecule has 0 aromatic heterocycles. The summed E-state index contributed by atoms with van der Waals surface area (Å²) in [6, 6.07) is 6.85. The Morgan fingerprint density at radius 1 is 1.08 bits per heavy atom. The largest absolute Gasteiger partial charge is 0.508 e. The van der Waals surface area contributed by atoms with Crippen molar-refractivity contribution in [1.29, 1.82) is 0 Å². The Labute approximate surface area is 136 Å². The number of halogens is 3. The van der Waals surface area contributed by atoms with Gasteiger partial charge in [0.25, 0.3) is 0 Å². The van der Waals surface area contributed by atoms with E-state index in [9.17, 15) is 28.2 Å². The zero-order valence-electron chi connectivity index (χ0n) is 12.8. The van der Waals surface area contributed by atoms with Crippen LogP contribution in [0.15, 0.2) is 36.4 Å². The molecule has 4 nitrogen and oxygen atoms in total. The van der Waals surface area contributed by atoms with Crippen molar-refractivity contribution in [1.82, 2.24) is 4.90 Å². The predicted molar refractivity (Wildman–Crippen MR) is 80.7 cm³/mol. The molecule has 0 bridgehead atoms. The van der Waals surface area contributed by atoms with Gasteiger partial charge < -0.3 is 15.1 Å². The second-order valence-electron chi connectivity index (χ2n) is 5.42. The minimum Gasteiger partial charge on any atom is -0.508 e. The molecule has 128 valence electrons. The molecular weight excluding hydrogens is 323 g/mol. The highest BCUT2D eigenvalue weighted by Gasteiger charge is 2.18. The maximum atomic E-state index is 13.6. The average molecular weight is 339 g/mol. The van der Waals surface area contributed by atoms with E-state index in [0.29, 0.717) is 17.7 Å². The summed E-state index contributed by atoms with van der Waals surface area (Å²) in [6.07, 6.45) is -1.46. The molecule has 1 unspecified atom stereocenters. The van der Waals surface area contributed by atoms with Gasteiger partial charge in [0.15, 0.2) is 11.6 Å². The second kappa shape index (κ2) is 7.35. The smallest absolute Gasteiger partial charge is 0.226 e. The number of carbonyl (C=O) groups is 1. The van der Waals surface area contributed by atoms with E-state index in [-0.39, 0.29) is 17.9 Å². The lowest BCUT2D eigenvalue weighted by Crippen LogP contribution is -2.32. The van der Waals surface area contributed by atoms with Gasteiger partial charge in [0.05, 0.1) is 19.1 Å². The third kappa shape index (κ3) is 4.26. The number of aliphatic hydroxyl groups excluding tert-OH is 1. The van der Waals surface area contributed by atoms with Crippen molar-refractivity contribution in [3.05, 3.63) is 65.0 Å². The van der Waals surface area contributed by atoms with E-state index in [2.05, 4.69) is 0 Å². The van der Waals surface area contributed by atoms with Crippen LogP contribution in [-0.2, 0) is 11.2 Å². The highest BCUT2D eigenvalue weighted by molar-refractivity contribution is 5.78. The monoisotopic (exact) mass is 339 g/mol. The molecule has 0 aliphatic carbocycles. The lowest BCUT2D eigenvalue weighted by molar-refractivity contribution is -0.130. The molecule has 0 saturated carbocycles. The third-order valence-corrected chi connectivity index (χ3v) is 3.58. The van der Waals surface area contributed by atoms with E-state index < -0.39 is 35.9 Å². The number of benzene rings is 2. The summed E-state index contributed by atoms with van der Waals surface area (Å²) in [5, 5.41) is 19.3. The predicted octanol–water partition coefficient (Wildman–Crippen LogP) is 2.54. The molecule has 1 atom stereocenters. The summed E-state index contributed by atoms with van der Waals surface area (Å²) in [4.78, 5) is 13.2. The van der Waals surface area contributed by atoms with Crippen LogP contribution >= 0.6 is 0 Å². The molecule has 0 aliphatic heterocycles. The van der Waals surface area contributed by atoms with Crippen LogP contribution in [0.4, 0.5) is 13.2 Å². The molecule has 7 heteroatoms. The van der Waals surface area contributed by atoms with Crippen molar-refractivity contribution in [3.8, 4) is 5.75 Å². The number of nitrogens with zero attached hydrogens (tertiary/aromatic N) is 1. The van der Waals surface area contributed by atoms with E-state index in [1.807, 2.05) is 0 Å². The number of amides is 1. The zero-order chi connectivity index (χ0) is 17.9. The van der Waals surface area contributed by atoms with Gasteiger partial charge in [0.1, 0.15) is 11.6 Å². The van der Waals surface area contributed by atoms with Gasteiger partial charge in [0.2, 0.25) is 5.91 Å². The number of phenols is 1. The number of likely N-dealkylation sites (N-methyl/N-ethyl adjacent to an activating group) is 1. The molecular formula is C17H16F3NO3. The summed E-state index contributed by atoms with van der Waals surface area (Å²) in [5.74, 6) is -4.07. The van der Waals surface area contributed by atoms with Gasteiger partial charge in [-0.1, -0.05) is 12.1 Å². The standard InChI is InChI=1S/C17H16F3NO3/c1-21(9-16(23)10-2-4-12(22)5-3-10)17(24)7-11-6-14(19)15(20)8-13(11)18/h2-6,8,16,22-23H,7,9H2,1H3. The molecule has 0 radical (unpaired) electrons. The number of carbonyl (C=O) groups excluding carboxylic acids is 1. The first-order chi connectivity index (χ1) is 11.3. The van der Waals surface area contributed by atoms with Crippen molar-refractivity contribution < 1.29 is 28.2 Å². The van der Waals surface area contributed by atoms with Crippen LogP contribution in [0.3, 0.4) is 0 Å². The van der Waals surface area contributed by atoms with E-state index in [1.165, 1.54) is 31.3 Å². The van der Waals surface area contributed by atoms with E-state index in [4.69, 9.17) is 0 Å². The quantitative estimate of drug-likeness (QED) is 0.823. The number of hydrogen-bond acceptors (Lipinski definition) is 3. The van der Waals surface area contributed by atoms with Gasteiger partial charge in [0, 0.05) is 18.7 Å². The topological polar surface area (TPSA) is 60.8 Å². The molecule has 0 fully saturated rings. The molecule has 2 rings (SSSR count). The van der Waals surface area contributed by atoms with Crippen LogP contribution in [-0.4, -0.2) is 34.6 Å². The van der Waals surface area contributed by atoms with E-state index in [1.54, 1.807) is 0 Å². The lowest BCUT2D eigenvalue weighted by Gasteiger charge is -2.21. The van der Waals surface area contributed by atoms with E-state index >= 15 is 0 Å². The molecule has 0 aliphatic rings. The first kappa shape index (κ1) is 17.8. The number of aromatic hydroxyl groups is 1. The van der Waals surface area contributed by atoms with E-state index in [0.717, 1.165) is 4.90 Å². The molecule has 2 aromatic carbocycles. The average Bonchev–Trinajstić information content (AvgIpc) is 2.53. The molecule has 2 N–H and O–H groups in total. The molecule has 0 heterocycles. The van der Waals surface area contributed by atoms with Crippen molar-refractivity contribution in [2.24, 2.45) is 0 Å². The first-order valence-electron chi connectivity index (χ1n) is 7.12. The maximum absolute atomic E-state index is 13.6. The van der Waals surface area contributed by atoms with Crippen molar-refractivity contribution in [2.75, 3.05) is 13.6 Å². The van der Waals surface area contributed by atoms with Crippen LogP contribution in [0, 0.1) is 17.5 Å². The molecule has 0 spiro atoms. The Morgan fingerprint density at radius 3 is 2.29 bits per heavy atom. The summed E-state index contributed by atoms with van der Waals surface area (Å²) < 4.78 is 39.6. The molecule has 0 saturated heterocycles. The fourth-order valence-electron chi connectivity index (χ4n) is 2.16. The Balaban J connectivity index is 2.02. The number of rotatable bonds is 5. The minimum atomic E-state index is -1.32. The summed E-state index contributed by atoms with van der Waals surface area (Å²) >= 11 is 0. The molecule has 2 aromatic rings.